The topological polar surface area (TPSA) is 49.3 Å². The van der Waals surface area contributed by atoms with E-state index in [9.17, 15) is 4.79 Å². The molecule has 110 valence electrons. The molecule has 6 heteroatoms. The van der Waals surface area contributed by atoms with Gasteiger partial charge in [-0.3, -0.25) is 4.79 Å². The van der Waals surface area contributed by atoms with Gasteiger partial charge in [-0.05, 0) is 19.3 Å². The van der Waals surface area contributed by atoms with Crippen molar-refractivity contribution >= 4 is 22.6 Å². The lowest BCUT2D eigenvalue weighted by Crippen LogP contribution is -2.45. The van der Waals surface area contributed by atoms with Crippen LogP contribution in [-0.2, 0) is 4.79 Å². The Bertz CT molecular complexity index is 479. The maximum Gasteiger partial charge on any atom is 0.222 e. The first-order valence-corrected chi connectivity index (χ1v) is 8.30. The minimum absolute atomic E-state index is 0.349. The third kappa shape index (κ3) is 2.66. The van der Waals surface area contributed by atoms with Crippen LogP contribution in [0.15, 0.2) is 0 Å². The third-order valence-electron chi connectivity index (χ3n) is 4.23. The van der Waals surface area contributed by atoms with E-state index in [1.165, 1.54) is 11.5 Å². The molecular weight excluding hydrogens is 272 g/mol. The van der Waals surface area contributed by atoms with Gasteiger partial charge in [0.05, 0.1) is 0 Å². The summed E-state index contributed by atoms with van der Waals surface area (Å²) in [5, 5.41) is 1.04. The molecular formula is C14H22N4OS. The lowest BCUT2D eigenvalue weighted by atomic mass is 10.0. The van der Waals surface area contributed by atoms with E-state index in [2.05, 4.69) is 33.0 Å². The van der Waals surface area contributed by atoms with Crippen LogP contribution in [0.2, 0.25) is 0 Å². The predicted molar refractivity (Wildman–Crippen MR) is 80.2 cm³/mol. The van der Waals surface area contributed by atoms with Crippen molar-refractivity contribution in [1.29, 1.82) is 0 Å². The van der Waals surface area contributed by atoms with Crippen molar-refractivity contribution in [3.63, 3.8) is 0 Å². The lowest BCUT2D eigenvalue weighted by Gasteiger charge is -2.36. The number of hydrogen-bond donors (Lipinski definition) is 0. The predicted octanol–water partition coefficient (Wildman–Crippen LogP) is 2.25. The summed E-state index contributed by atoms with van der Waals surface area (Å²) in [7, 11) is 0. The Balaban J connectivity index is 1.59. The molecule has 3 heterocycles. The number of carbonyl (C=O) groups excluding carboxylic acids is 1. The Morgan fingerprint density at radius 3 is 2.55 bits per heavy atom. The van der Waals surface area contributed by atoms with E-state index in [0.29, 0.717) is 17.9 Å². The molecule has 2 saturated heterocycles. The summed E-state index contributed by atoms with van der Waals surface area (Å²) in [6.07, 6.45) is 3.90. The number of rotatable bonds is 3. The molecule has 0 unspecified atom stereocenters. The summed E-state index contributed by atoms with van der Waals surface area (Å²) in [4.78, 5) is 20.8. The molecule has 1 aromatic heterocycles. The van der Waals surface area contributed by atoms with E-state index in [1.807, 2.05) is 0 Å². The SMILES string of the molecule is CC(C)c1nsc(N2CCC(N3CCCC3=O)CC2)n1. The van der Waals surface area contributed by atoms with Crippen LogP contribution in [0.4, 0.5) is 5.13 Å². The average molecular weight is 294 g/mol. The number of anilines is 1. The van der Waals surface area contributed by atoms with Gasteiger partial charge in [0.15, 0.2) is 0 Å². The summed E-state index contributed by atoms with van der Waals surface area (Å²) in [6, 6.07) is 0.443. The molecule has 1 aromatic rings. The Labute approximate surface area is 124 Å². The molecule has 0 aliphatic carbocycles. The number of aromatic nitrogens is 2. The largest absolute Gasteiger partial charge is 0.347 e. The van der Waals surface area contributed by atoms with Gasteiger partial charge in [0.2, 0.25) is 11.0 Å². The lowest BCUT2D eigenvalue weighted by molar-refractivity contribution is -0.130. The van der Waals surface area contributed by atoms with Gasteiger partial charge in [-0.2, -0.15) is 4.37 Å². The zero-order chi connectivity index (χ0) is 14.1. The fourth-order valence-corrected chi connectivity index (χ4v) is 3.87. The molecule has 2 fully saturated rings. The van der Waals surface area contributed by atoms with Crippen LogP contribution in [0.1, 0.15) is 51.3 Å². The minimum Gasteiger partial charge on any atom is -0.347 e. The summed E-state index contributed by atoms with van der Waals surface area (Å²) in [5.74, 6) is 1.68. The number of carbonyl (C=O) groups is 1. The minimum atomic E-state index is 0.349. The second-order valence-corrected chi connectivity index (χ2v) is 6.73. The maximum absolute atomic E-state index is 11.8. The Morgan fingerprint density at radius 1 is 1.25 bits per heavy atom. The molecule has 0 aromatic carbocycles. The smallest absolute Gasteiger partial charge is 0.222 e. The highest BCUT2D eigenvalue weighted by atomic mass is 32.1. The fourth-order valence-electron chi connectivity index (χ4n) is 3.01. The molecule has 5 nitrogen and oxygen atoms in total. The first-order valence-electron chi connectivity index (χ1n) is 7.53. The van der Waals surface area contributed by atoms with Crippen LogP contribution in [0.25, 0.3) is 0 Å². The molecule has 0 spiro atoms. The monoisotopic (exact) mass is 294 g/mol. The van der Waals surface area contributed by atoms with E-state index in [4.69, 9.17) is 0 Å². The van der Waals surface area contributed by atoms with E-state index < -0.39 is 0 Å². The molecule has 0 saturated carbocycles. The number of amides is 1. The first kappa shape index (κ1) is 13.8. The molecule has 3 rings (SSSR count). The summed E-state index contributed by atoms with van der Waals surface area (Å²) >= 11 is 1.50. The Hall–Kier alpha value is -1.17. The molecule has 0 atom stereocenters. The standard InChI is InChI=1S/C14H22N4OS/c1-10(2)13-15-14(20-16-13)17-8-5-11(6-9-17)18-7-3-4-12(18)19/h10-11H,3-9H2,1-2H3. The fraction of sp³-hybridized carbons (Fsp3) is 0.786. The van der Waals surface area contributed by atoms with Crippen molar-refractivity contribution in [1.82, 2.24) is 14.3 Å². The Kier molecular flexibility index (Phi) is 3.92. The van der Waals surface area contributed by atoms with Gasteiger partial charge >= 0.3 is 0 Å². The second kappa shape index (κ2) is 5.68. The second-order valence-electron chi connectivity index (χ2n) is 6.00. The number of piperidine rings is 1. The van der Waals surface area contributed by atoms with Gasteiger partial charge in [-0.1, -0.05) is 13.8 Å². The highest BCUT2D eigenvalue weighted by Crippen LogP contribution is 2.27. The molecule has 2 aliphatic heterocycles. The van der Waals surface area contributed by atoms with Gasteiger partial charge in [-0.25, -0.2) is 4.98 Å². The average Bonchev–Trinajstić information content (AvgIpc) is 3.07. The third-order valence-corrected chi connectivity index (χ3v) is 5.02. The van der Waals surface area contributed by atoms with Crippen molar-refractivity contribution in [3.8, 4) is 0 Å². The van der Waals surface area contributed by atoms with Crippen molar-refractivity contribution in [2.24, 2.45) is 0 Å². The highest BCUT2D eigenvalue weighted by Gasteiger charge is 2.31. The van der Waals surface area contributed by atoms with Crippen molar-refractivity contribution < 1.29 is 4.79 Å². The van der Waals surface area contributed by atoms with Crippen LogP contribution >= 0.6 is 11.5 Å². The molecule has 0 bridgehead atoms. The number of hydrogen-bond acceptors (Lipinski definition) is 5. The van der Waals surface area contributed by atoms with E-state index in [0.717, 1.165) is 56.3 Å². The van der Waals surface area contributed by atoms with Crippen LogP contribution in [-0.4, -0.2) is 45.8 Å². The van der Waals surface area contributed by atoms with E-state index in [-0.39, 0.29) is 0 Å². The van der Waals surface area contributed by atoms with Crippen LogP contribution < -0.4 is 4.90 Å². The summed E-state index contributed by atoms with van der Waals surface area (Å²) in [6.45, 7) is 7.18. The quantitative estimate of drug-likeness (QED) is 0.858. The molecule has 0 N–H and O–H groups in total. The number of likely N-dealkylation sites (tertiary alicyclic amines) is 1. The van der Waals surface area contributed by atoms with Crippen LogP contribution in [0, 0.1) is 0 Å². The molecule has 2 aliphatic rings. The molecule has 1 amide bonds. The van der Waals surface area contributed by atoms with Gasteiger partial charge in [0.1, 0.15) is 5.82 Å². The number of nitrogens with zero attached hydrogens (tertiary/aromatic N) is 4. The van der Waals surface area contributed by atoms with Gasteiger partial charge in [-0.15, -0.1) is 0 Å². The van der Waals surface area contributed by atoms with Crippen LogP contribution in [0.3, 0.4) is 0 Å². The van der Waals surface area contributed by atoms with Gasteiger partial charge in [0.25, 0.3) is 0 Å². The first-order chi connectivity index (χ1) is 9.65. The van der Waals surface area contributed by atoms with Crippen molar-refractivity contribution in [2.45, 2.75) is 51.5 Å². The maximum atomic E-state index is 11.8. The van der Waals surface area contributed by atoms with E-state index >= 15 is 0 Å². The molecule has 20 heavy (non-hydrogen) atoms. The Morgan fingerprint density at radius 2 is 2.00 bits per heavy atom. The zero-order valence-electron chi connectivity index (χ0n) is 12.2. The van der Waals surface area contributed by atoms with Gasteiger partial charge < -0.3 is 9.80 Å². The van der Waals surface area contributed by atoms with E-state index in [1.54, 1.807) is 0 Å². The summed E-state index contributed by atoms with van der Waals surface area (Å²) < 4.78 is 4.42. The normalized spacial score (nSPS) is 21.2. The zero-order valence-corrected chi connectivity index (χ0v) is 13.0. The highest BCUT2D eigenvalue weighted by molar-refractivity contribution is 7.09. The van der Waals surface area contributed by atoms with Crippen molar-refractivity contribution in [3.05, 3.63) is 5.82 Å². The van der Waals surface area contributed by atoms with Crippen molar-refractivity contribution in [2.75, 3.05) is 24.5 Å². The summed E-state index contributed by atoms with van der Waals surface area (Å²) in [5.41, 5.74) is 0. The van der Waals surface area contributed by atoms with Crippen LogP contribution in [0.5, 0.6) is 0 Å². The molecule has 0 radical (unpaired) electrons. The van der Waals surface area contributed by atoms with Gasteiger partial charge in [0, 0.05) is 49.5 Å².